The Hall–Kier alpha value is -0.770. The Balaban J connectivity index is 2.13. The van der Waals surface area contributed by atoms with Gasteiger partial charge in [-0.2, -0.15) is 0 Å². The monoisotopic (exact) mass is 199 g/mol. The number of aliphatic hydroxyl groups is 1. The maximum atomic E-state index is 11.5. The quantitative estimate of drug-likeness (QED) is 0.725. The lowest BCUT2D eigenvalue weighted by atomic mass is 9.96. The fourth-order valence-electron chi connectivity index (χ4n) is 2.53. The van der Waals surface area contributed by atoms with E-state index in [2.05, 4.69) is 0 Å². The Morgan fingerprint density at radius 3 is 2.64 bits per heavy atom. The van der Waals surface area contributed by atoms with Crippen LogP contribution in [0, 0.1) is 0 Å². The lowest BCUT2D eigenvalue weighted by Crippen LogP contribution is -2.55. The van der Waals surface area contributed by atoms with Gasteiger partial charge in [-0.15, -0.1) is 0 Å². The Morgan fingerprint density at radius 2 is 2.07 bits per heavy atom. The smallest absolute Gasteiger partial charge is 0.410 e. The average molecular weight is 199 g/mol. The van der Waals surface area contributed by atoms with Crippen LogP contribution in [-0.4, -0.2) is 41.4 Å². The van der Waals surface area contributed by atoms with Crippen LogP contribution in [0.3, 0.4) is 0 Å². The second kappa shape index (κ2) is 3.77. The van der Waals surface area contributed by atoms with Crippen LogP contribution in [0.1, 0.15) is 32.1 Å². The molecular weight excluding hydrogens is 182 g/mol. The van der Waals surface area contributed by atoms with E-state index in [1.807, 2.05) is 0 Å². The lowest BCUT2D eigenvalue weighted by Gasteiger charge is -2.41. The van der Waals surface area contributed by atoms with Gasteiger partial charge in [-0.3, -0.25) is 0 Å². The minimum atomic E-state index is -0.308. The number of carbonyl (C=O) groups excluding carboxylic acids is 1. The summed E-state index contributed by atoms with van der Waals surface area (Å²) in [6, 6.07) is 0. The molecule has 1 N–H and O–H groups in total. The molecule has 0 atom stereocenters. The van der Waals surface area contributed by atoms with E-state index in [1.54, 1.807) is 4.90 Å². The van der Waals surface area contributed by atoms with Gasteiger partial charge < -0.3 is 14.7 Å². The van der Waals surface area contributed by atoms with E-state index in [-0.39, 0.29) is 18.2 Å². The fourth-order valence-corrected chi connectivity index (χ4v) is 2.53. The normalized spacial score (nSPS) is 26.4. The third-order valence-electron chi connectivity index (χ3n) is 3.37. The molecule has 2 rings (SSSR count). The van der Waals surface area contributed by atoms with Crippen molar-refractivity contribution in [2.24, 2.45) is 0 Å². The summed E-state index contributed by atoms with van der Waals surface area (Å²) in [6.45, 7) is 1.33. The van der Waals surface area contributed by atoms with Gasteiger partial charge in [-0.1, -0.05) is 12.8 Å². The number of rotatable bonds is 2. The molecule has 0 aromatic carbocycles. The summed E-state index contributed by atoms with van der Waals surface area (Å²) in [6.07, 6.45) is 4.67. The number of cyclic esters (lactones) is 1. The number of aliphatic hydroxyl groups excluding tert-OH is 1. The molecule has 4 nitrogen and oxygen atoms in total. The zero-order chi connectivity index (χ0) is 10.0. The summed E-state index contributed by atoms with van der Waals surface area (Å²) in [4.78, 5) is 13.3. The Bertz CT molecular complexity index is 223. The molecule has 0 unspecified atom stereocenters. The van der Waals surface area contributed by atoms with E-state index in [1.165, 1.54) is 0 Å². The van der Waals surface area contributed by atoms with Crippen molar-refractivity contribution in [3.63, 3.8) is 0 Å². The van der Waals surface area contributed by atoms with Crippen molar-refractivity contribution in [3.05, 3.63) is 0 Å². The molecule has 1 aliphatic carbocycles. The summed E-state index contributed by atoms with van der Waals surface area (Å²) < 4.78 is 5.01. The van der Waals surface area contributed by atoms with Crippen molar-refractivity contribution in [3.8, 4) is 0 Å². The molecule has 2 fully saturated rings. The van der Waals surface area contributed by atoms with Crippen molar-refractivity contribution >= 4 is 6.09 Å². The summed E-state index contributed by atoms with van der Waals surface area (Å²) in [5, 5.41) is 9.44. The van der Waals surface area contributed by atoms with Crippen molar-refractivity contribution in [2.75, 3.05) is 19.8 Å². The first-order chi connectivity index (χ1) is 6.78. The molecule has 1 amide bonds. The Labute approximate surface area is 83.8 Å². The average Bonchev–Trinajstić information content (AvgIpc) is 2.68. The number of nitrogens with zero attached hydrogens (tertiary/aromatic N) is 1. The fraction of sp³-hybridized carbons (Fsp3) is 0.900. The van der Waals surface area contributed by atoms with Gasteiger partial charge in [0.15, 0.2) is 0 Å². The highest BCUT2D eigenvalue weighted by atomic mass is 16.6. The van der Waals surface area contributed by atoms with Gasteiger partial charge in [0.05, 0.1) is 18.8 Å². The zero-order valence-corrected chi connectivity index (χ0v) is 8.37. The van der Waals surface area contributed by atoms with E-state index in [0.717, 1.165) is 38.6 Å². The molecule has 1 heterocycles. The first-order valence-corrected chi connectivity index (χ1v) is 5.34. The second-order valence-corrected chi connectivity index (χ2v) is 4.21. The van der Waals surface area contributed by atoms with Gasteiger partial charge in [0.2, 0.25) is 0 Å². The molecule has 0 aromatic heterocycles. The molecule has 80 valence electrons. The zero-order valence-electron chi connectivity index (χ0n) is 8.37. The standard InChI is InChI=1S/C10H17NO3/c12-8-10(4-1-2-5-10)11-6-3-7-14-9(11)13/h12H,1-8H2. The summed E-state index contributed by atoms with van der Waals surface area (Å²) in [5.41, 5.74) is -0.308. The highest BCUT2D eigenvalue weighted by Gasteiger charge is 2.43. The van der Waals surface area contributed by atoms with Crippen LogP contribution in [0.15, 0.2) is 0 Å². The molecule has 0 spiro atoms. The summed E-state index contributed by atoms with van der Waals surface area (Å²) in [5.74, 6) is 0. The maximum absolute atomic E-state index is 11.5. The number of amides is 1. The number of hydrogen-bond acceptors (Lipinski definition) is 3. The molecular formula is C10H17NO3. The first kappa shape index (κ1) is 9.77. The Kier molecular flexibility index (Phi) is 2.63. The van der Waals surface area contributed by atoms with Crippen LogP contribution in [0.2, 0.25) is 0 Å². The molecule has 0 radical (unpaired) electrons. The van der Waals surface area contributed by atoms with Crippen LogP contribution >= 0.6 is 0 Å². The number of hydrogen-bond donors (Lipinski definition) is 1. The molecule has 1 aliphatic heterocycles. The van der Waals surface area contributed by atoms with E-state index in [0.29, 0.717) is 6.61 Å². The van der Waals surface area contributed by atoms with E-state index in [9.17, 15) is 9.90 Å². The third-order valence-corrected chi connectivity index (χ3v) is 3.37. The lowest BCUT2D eigenvalue weighted by molar-refractivity contribution is -0.00361. The number of ether oxygens (including phenoxy) is 1. The topological polar surface area (TPSA) is 49.8 Å². The SMILES string of the molecule is O=C1OCCCN1C1(CO)CCCC1. The first-order valence-electron chi connectivity index (χ1n) is 5.34. The van der Waals surface area contributed by atoms with Gasteiger partial charge in [0, 0.05) is 6.54 Å². The largest absolute Gasteiger partial charge is 0.449 e. The van der Waals surface area contributed by atoms with Crippen LogP contribution in [0.5, 0.6) is 0 Å². The minimum absolute atomic E-state index is 0.0715. The highest BCUT2D eigenvalue weighted by Crippen LogP contribution is 2.36. The van der Waals surface area contributed by atoms with E-state index < -0.39 is 0 Å². The summed E-state index contributed by atoms with van der Waals surface area (Å²) in [7, 11) is 0. The summed E-state index contributed by atoms with van der Waals surface area (Å²) >= 11 is 0. The van der Waals surface area contributed by atoms with Gasteiger partial charge in [-0.25, -0.2) is 4.79 Å². The van der Waals surface area contributed by atoms with Crippen molar-refractivity contribution in [2.45, 2.75) is 37.6 Å². The molecule has 1 saturated heterocycles. The second-order valence-electron chi connectivity index (χ2n) is 4.21. The predicted octanol–water partition coefficient (Wildman–Crippen LogP) is 1.13. The maximum Gasteiger partial charge on any atom is 0.410 e. The van der Waals surface area contributed by atoms with Crippen LogP contribution in [0.25, 0.3) is 0 Å². The van der Waals surface area contributed by atoms with Gasteiger partial charge in [-0.05, 0) is 19.3 Å². The predicted molar refractivity (Wildman–Crippen MR) is 51.0 cm³/mol. The third kappa shape index (κ3) is 1.47. The molecule has 14 heavy (non-hydrogen) atoms. The van der Waals surface area contributed by atoms with E-state index >= 15 is 0 Å². The molecule has 1 saturated carbocycles. The molecule has 0 aromatic rings. The molecule has 4 heteroatoms. The van der Waals surface area contributed by atoms with Gasteiger partial charge in [0.25, 0.3) is 0 Å². The van der Waals surface area contributed by atoms with Crippen LogP contribution < -0.4 is 0 Å². The Morgan fingerprint density at radius 1 is 1.36 bits per heavy atom. The molecule has 0 bridgehead atoms. The van der Waals surface area contributed by atoms with Crippen molar-refractivity contribution in [1.29, 1.82) is 0 Å². The van der Waals surface area contributed by atoms with Gasteiger partial charge in [0.1, 0.15) is 0 Å². The van der Waals surface area contributed by atoms with Crippen molar-refractivity contribution < 1.29 is 14.6 Å². The van der Waals surface area contributed by atoms with Crippen molar-refractivity contribution in [1.82, 2.24) is 4.90 Å². The molecule has 2 aliphatic rings. The number of carbonyl (C=O) groups is 1. The van der Waals surface area contributed by atoms with Crippen LogP contribution in [0.4, 0.5) is 4.79 Å². The highest BCUT2D eigenvalue weighted by molar-refractivity contribution is 5.69. The van der Waals surface area contributed by atoms with E-state index in [4.69, 9.17) is 4.74 Å². The minimum Gasteiger partial charge on any atom is -0.449 e. The van der Waals surface area contributed by atoms with Crippen LogP contribution in [-0.2, 0) is 4.74 Å². The van der Waals surface area contributed by atoms with Gasteiger partial charge >= 0.3 is 6.09 Å².